The molecule has 4 aliphatic heterocycles. The minimum absolute atomic E-state index is 0.355. The second-order valence-electron chi connectivity index (χ2n) is 32.9. The first-order valence-electron chi connectivity index (χ1n) is 47.3. The summed E-state index contributed by atoms with van der Waals surface area (Å²) in [6, 6.07) is 0. The van der Waals surface area contributed by atoms with Crippen molar-refractivity contribution in [3.8, 4) is 0 Å². The minimum Gasteiger partial charge on any atom is -0.388 e. The van der Waals surface area contributed by atoms with Crippen molar-refractivity contribution in [2.75, 3.05) is 52.6 Å². The van der Waals surface area contributed by atoms with Crippen LogP contribution in [0.15, 0.2) is 0 Å². The normalized spacial score (nSPS) is 26.5. The summed E-state index contributed by atoms with van der Waals surface area (Å²) < 4.78 is 43.1. The van der Waals surface area contributed by atoms with E-state index in [1.54, 1.807) is 6.92 Å². The molecule has 0 aromatic heterocycles. The minimum atomic E-state index is -1.54. The molecular weight excluding hydrogens is 1500 g/mol. The van der Waals surface area contributed by atoms with Crippen molar-refractivity contribution in [2.24, 2.45) is 5.73 Å². The summed E-state index contributed by atoms with van der Waals surface area (Å²) in [5.74, 6) is -1.56. The first-order valence-corrected chi connectivity index (χ1v) is 47.3. The standard InChI is InChI=1S/C24H47NO6.2C22H43NO6.C12H27N.C10H20O5/c1-3-5-7-8-9-10-11-12-13-14-15-16-17-25-23(29)21(28)22-19(26)20(27)24(31-22)30-18-6-4-2;2*1-3-5-7-8-9-10-11-12-13-14-15-23-21(27)20-18(25)17(24)19(26)22(29-20)28-16-6-4-2;1-2-3-4-5-6-7-8-9-10-11-12-13;1-3-4-5-14-10-9(13)8(12)7(11)6(2)15-10/h19-22,24,26-28H,3-18H2,1-2H3,(H,25,29);2*17-20,22,24-26H,3-16H2,1-2H3,(H,23,27);2-13H2,1H3;6-13H,3-5H2,1-2H3/t19-,20?,21?,22-,24-;17-,18+,19?,20?,22-;17-,18-,19?,20?,22?;;6?,7-,8-,9?,10+/m010.0/s1. The largest absolute Gasteiger partial charge is 0.388 e. The van der Waals surface area contributed by atoms with Crippen LogP contribution >= 0.6 is 0 Å². The second kappa shape index (κ2) is 78.3. The van der Waals surface area contributed by atoms with Gasteiger partial charge in [0.1, 0.15) is 73.2 Å². The SMILES string of the molecule is CCCCCCCCCCCCCCNC(=O)C(O)[C@H]1O[C@H](OCCCC)C(O)[C@@H]1O.CCCCCCCCCCCCN.CCCCCCCCCCCCNC(=O)C1OC(OCCCC)C(O)[C@@H](O)[C@@H]1O.CCCCCCCCCCCCNC(=O)C1O[C@@H](OCCCC)C(O)[C@H](O)[C@@H]1O.CCCCO[C@@H]1OC(C)[C@H](O)[C@H](O)C1O. The molecule has 0 saturated carbocycles. The molecule has 3 amide bonds. The topological polar surface area (TPSA) is 430 Å². The molecule has 0 aromatic carbocycles. The van der Waals surface area contributed by atoms with Crippen molar-refractivity contribution in [1.82, 2.24) is 16.0 Å². The molecule has 0 radical (unpaired) electrons. The van der Waals surface area contributed by atoms with Crippen LogP contribution in [0.1, 0.15) is 383 Å². The monoisotopic (exact) mass is 1690 g/mol. The molecule has 0 spiro atoms. The van der Waals surface area contributed by atoms with Crippen LogP contribution in [0.2, 0.25) is 0 Å². The Bertz CT molecular complexity index is 2130. The Labute approximate surface area is 708 Å². The molecule has 4 rings (SSSR count). The van der Waals surface area contributed by atoms with Gasteiger partial charge in [0.25, 0.3) is 17.7 Å². The lowest BCUT2D eigenvalue weighted by Gasteiger charge is -2.39. The number of rotatable bonds is 65. The first-order chi connectivity index (χ1) is 56.6. The van der Waals surface area contributed by atoms with Gasteiger partial charge in [0.2, 0.25) is 0 Å². The fourth-order valence-corrected chi connectivity index (χ4v) is 13.9. The van der Waals surface area contributed by atoms with Gasteiger partial charge in [-0.1, -0.05) is 325 Å². The predicted octanol–water partition coefficient (Wildman–Crippen LogP) is 12.2. The molecule has 17 N–H and O–H groups in total. The van der Waals surface area contributed by atoms with E-state index in [1.807, 2.05) is 27.7 Å². The number of hydrogen-bond acceptors (Lipinski definition) is 24. The molecule has 27 nitrogen and oxygen atoms in total. The molecule has 698 valence electrons. The van der Waals surface area contributed by atoms with Crippen molar-refractivity contribution in [3.05, 3.63) is 0 Å². The Hall–Kier alpha value is -2.43. The molecule has 4 saturated heterocycles. The van der Waals surface area contributed by atoms with Crippen LogP contribution in [0.4, 0.5) is 0 Å². The average Bonchev–Trinajstić information content (AvgIpc) is 1.68. The molecular formula is C90H180N4O23. The lowest BCUT2D eigenvalue weighted by molar-refractivity contribution is -0.293. The summed E-state index contributed by atoms with van der Waals surface area (Å²) in [4.78, 5) is 36.9. The van der Waals surface area contributed by atoms with Gasteiger partial charge in [-0.25, -0.2) is 0 Å². The molecule has 0 aliphatic carbocycles. The fourth-order valence-electron chi connectivity index (χ4n) is 13.9. The third-order valence-corrected chi connectivity index (χ3v) is 22.0. The van der Waals surface area contributed by atoms with Gasteiger partial charge in [0, 0.05) is 46.1 Å². The van der Waals surface area contributed by atoms with E-state index in [0.29, 0.717) is 46.1 Å². The zero-order valence-corrected chi connectivity index (χ0v) is 75.0. The van der Waals surface area contributed by atoms with Crippen LogP contribution in [0.3, 0.4) is 0 Å². The van der Waals surface area contributed by atoms with Crippen LogP contribution in [0, 0.1) is 0 Å². The zero-order valence-electron chi connectivity index (χ0n) is 75.0. The number of hydrogen-bond donors (Lipinski definition) is 16. The second-order valence-corrected chi connectivity index (χ2v) is 32.9. The molecule has 4 heterocycles. The molecule has 0 aromatic rings. The van der Waals surface area contributed by atoms with Crippen molar-refractivity contribution in [3.63, 3.8) is 0 Å². The van der Waals surface area contributed by atoms with Crippen molar-refractivity contribution in [2.45, 2.75) is 506 Å². The van der Waals surface area contributed by atoms with E-state index >= 15 is 0 Å². The van der Waals surface area contributed by atoms with Crippen LogP contribution in [0.25, 0.3) is 0 Å². The third kappa shape index (κ3) is 54.8. The highest BCUT2D eigenvalue weighted by molar-refractivity contribution is 5.82. The van der Waals surface area contributed by atoms with Crippen molar-refractivity contribution in [1.29, 1.82) is 0 Å². The Morgan fingerprint density at radius 2 is 0.513 bits per heavy atom. The predicted molar refractivity (Wildman–Crippen MR) is 461 cm³/mol. The summed E-state index contributed by atoms with van der Waals surface area (Å²) in [5, 5.41) is 127. The van der Waals surface area contributed by atoms with Gasteiger partial charge in [-0.3, -0.25) is 14.4 Å². The van der Waals surface area contributed by atoms with E-state index in [9.17, 15) is 75.7 Å². The van der Waals surface area contributed by atoms with Gasteiger partial charge in [-0.05, 0) is 64.8 Å². The van der Waals surface area contributed by atoms with Crippen molar-refractivity contribution < 1.29 is 114 Å². The smallest absolute Gasteiger partial charge is 0.252 e. The highest BCUT2D eigenvalue weighted by Gasteiger charge is 2.50. The Balaban J connectivity index is 0.00000149. The number of carbonyl (C=O) groups is 3. The summed E-state index contributed by atoms with van der Waals surface area (Å²) in [6.45, 7) is 22.6. The first kappa shape index (κ1) is 115. The maximum Gasteiger partial charge on any atom is 0.252 e. The summed E-state index contributed by atoms with van der Waals surface area (Å²) in [6.07, 6.45) is 35.6. The van der Waals surface area contributed by atoms with E-state index in [4.69, 9.17) is 43.6 Å². The van der Waals surface area contributed by atoms with E-state index < -0.39 is 141 Å². The number of nitrogens with one attached hydrogen (secondary N) is 3. The maximum atomic E-state index is 12.4. The number of carbonyl (C=O) groups excluding carboxylic acids is 3. The van der Waals surface area contributed by atoms with Crippen LogP contribution in [-0.4, -0.2) is 254 Å². The highest BCUT2D eigenvalue weighted by Crippen LogP contribution is 2.28. The lowest BCUT2D eigenvalue weighted by atomic mass is 9.98. The molecule has 9 unspecified atom stereocenters. The zero-order chi connectivity index (χ0) is 87.1. The Kier molecular flexibility index (Phi) is 76.7. The molecule has 20 atom stereocenters. The number of unbranched alkanes of at least 4 members (excludes halogenated alkanes) is 42. The van der Waals surface area contributed by atoms with E-state index in [-0.39, 0.29) is 0 Å². The molecule has 117 heavy (non-hydrogen) atoms. The average molecular weight is 1690 g/mol. The van der Waals surface area contributed by atoms with Gasteiger partial charge < -0.3 is 121 Å². The van der Waals surface area contributed by atoms with Gasteiger partial charge >= 0.3 is 0 Å². The van der Waals surface area contributed by atoms with Gasteiger partial charge in [0.05, 0.1) is 6.10 Å². The molecule has 0 bridgehead atoms. The third-order valence-electron chi connectivity index (χ3n) is 22.0. The Morgan fingerprint density at radius 1 is 0.282 bits per heavy atom. The fraction of sp³-hybridized carbons (Fsp3) is 0.967. The number of amides is 3. The maximum absolute atomic E-state index is 12.4. The Morgan fingerprint density at radius 3 is 0.795 bits per heavy atom. The van der Waals surface area contributed by atoms with Gasteiger partial charge in [-0.2, -0.15) is 0 Å². The van der Waals surface area contributed by atoms with Crippen LogP contribution in [-0.2, 0) is 52.3 Å². The number of aliphatic hydroxyl groups excluding tert-OH is 12. The number of aliphatic hydroxyl groups is 12. The molecule has 27 heteroatoms. The van der Waals surface area contributed by atoms with E-state index in [0.717, 1.165) is 116 Å². The van der Waals surface area contributed by atoms with Gasteiger partial charge in [0.15, 0.2) is 43.5 Å². The molecule has 4 aliphatic rings. The lowest BCUT2D eigenvalue weighted by Crippen LogP contribution is -2.62. The van der Waals surface area contributed by atoms with Crippen molar-refractivity contribution >= 4 is 17.7 Å². The van der Waals surface area contributed by atoms with E-state index in [2.05, 4.69) is 43.6 Å². The highest BCUT2D eigenvalue weighted by atomic mass is 16.7. The number of nitrogens with two attached hydrogens (primary N) is 1. The summed E-state index contributed by atoms with van der Waals surface area (Å²) >= 11 is 0. The summed E-state index contributed by atoms with van der Waals surface area (Å²) in [7, 11) is 0. The summed E-state index contributed by atoms with van der Waals surface area (Å²) in [5.41, 5.74) is 5.42. The number of ether oxygens (including phenoxy) is 8. The van der Waals surface area contributed by atoms with Crippen LogP contribution in [0.5, 0.6) is 0 Å². The van der Waals surface area contributed by atoms with Gasteiger partial charge in [-0.15, -0.1) is 0 Å². The molecule has 4 fully saturated rings. The van der Waals surface area contributed by atoms with E-state index in [1.165, 1.54) is 212 Å². The quantitative estimate of drug-likeness (QED) is 0.0251. The van der Waals surface area contributed by atoms with Crippen LogP contribution < -0.4 is 21.7 Å².